The number of carbonyl (C=O) groups is 2. The first-order valence-corrected chi connectivity index (χ1v) is 7.72. The summed E-state index contributed by atoms with van der Waals surface area (Å²) in [7, 11) is 2.51. The van der Waals surface area contributed by atoms with Gasteiger partial charge in [-0.25, -0.2) is 0 Å². The molecule has 0 aromatic carbocycles. The number of carbonyl (C=O) groups excluding carboxylic acids is 2. The summed E-state index contributed by atoms with van der Waals surface area (Å²) in [4.78, 5) is 22.2. The summed E-state index contributed by atoms with van der Waals surface area (Å²) < 4.78 is 9.58. The Morgan fingerprint density at radius 1 is 0.850 bits per heavy atom. The van der Waals surface area contributed by atoms with E-state index in [9.17, 15) is 9.59 Å². The molecule has 0 aromatic rings. The van der Waals surface area contributed by atoms with E-state index in [4.69, 9.17) is 55.9 Å². The van der Waals surface area contributed by atoms with Crippen LogP contribution in [0.25, 0.3) is 0 Å². The van der Waals surface area contributed by atoms with Crippen molar-refractivity contribution in [2.45, 2.75) is 20.5 Å². The minimum absolute atomic E-state index is 0.507. The summed E-state index contributed by atoms with van der Waals surface area (Å²) in [5.41, 5.74) is 0. The van der Waals surface area contributed by atoms with E-state index in [1.165, 1.54) is 14.2 Å². The predicted octanol–water partition coefficient (Wildman–Crippen LogP) is 2.01. The van der Waals surface area contributed by atoms with E-state index in [2.05, 4.69) is 0 Å². The van der Waals surface area contributed by atoms with Crippen molar-refractivity contribution in [1.82, 2.24) is 0 Å². The van der Waals surface area contributed by atoms with Gasteiger partial charge in [0.2, 0.25) is 0 Å². The minimum Gasteiger partial charge on any atom is -0.469 e. The molecule has 0 N–H and O–H groups in total. The van der Waals surface area contributed by atoms with Crippen LogP contribution in [0.3, 0.4) is 0 Å². The van der Waals surface area contributed by atoms with Gasteiger partial charge in [-0.05, 0) is 0 Å². The van der Waals surface area contributed by atoms with E-state index >= 15 is 0 Å². The lowest BCUT2D eigenvalue weighted by Gasteiger charge is -2.81. The third-order valence-corrected chi connectivity index (χ3v) is 8.25. The molecule has 5 aliphatic carbocycles. The maximum Gasteiger partial charge on any atom is 0.309 e. The van der Waals surface area contributed by atoms with Crippen molar-refractivity contribution in [2.75, 3.05) is 14.2 Å². The molecule has 4 bridgehead atoms. The average Bonchev–Trinajstić information content (AvgIpc) is 2.46. The lowest BCUT2D eigenvalue weighted by atomic mass is 9.34. The van der Waals surface area contributed by atoms with Crippen LogP contribution in [0.15, 0.2) is 0 Å². The number of hydrogen-bond acceptors (Lipinski definition) is 4. The second kappa shape index (κ2) is 4.31. The fraction of sp³-hybridized carbons (Fsp3) is 0.833. The van der Waals surface area contributed by atoms with Crippen molar-refractivity contribution >= 4 is 58.3 Å². The molecule has 0 spiro atoms. The van der Waals surface area contributed by atoms with Crippen molar-refractivity contribution in [3.8, 4) is 0 Å². The highest BCUT2D eigenvalue weighted by atomic mass is 35.5. The molecule has 112 valence electrons. The molecule has 8 atom stereocenters. The number of hydrogen-bond donors (Lipinski definition) is 0. The quantitative estimate of drug-likeness (QED) is 0.557. The van der Waals surface area contributed by atoms with Gasteiger partial charge in [0.15, 0.2) is 0 Å². The molecule has 5 saturated carbocycles. The van der Waals surface area contributed by atoms with Crippen LogP contribution < -0.4 is 0 Å². The van der Waals surface area contributed by atoms with Crippen LogP contribution in [0, 0.1) is 23.7 Å². The van der Waals surface area contributed by atoms with Gasteiger partial charge in [0.05, 0.1) is 46.6 Å². The molecule has 0 saturated heterocycles. The second-order valence-electron chi connectivity index (χ2n) is 5.49. The van der Waals surface area contributed by atoms with Crippen LogP contribution in [0.1, 0.15) is 0 Å². The summed E-state index contributed by atoms with van der Waals surface area (Å²) in [6.45, 7) is 0. The predicted molar refractivity (Wildman–Crippen MR) is 74.4 cm³/mol. The Morgan fingerprint density at radius 3 is 1.40 bits per heavy atom. The van der Waals surface area contributed by atoms with Crippen molar-refractivity contribution in [2.24, 2.45) is 23.7 Å². The molecule has 0 unspecified atom stereocenters. The third-order valence-electron chi connectivity index (χ3n) is 5.10. The van der Waals surface area contributed by atoms with Crippen LogP contribution in [-0.2, 0) is 19.1 Å². The van der Waals surface area contributed by atoms with Gasteiger partial charge < -0.3 is 9.47 Å². The molecule has 20 heavy (non-hydrogen) atoms. The average molecular weight is 362 g/mol. The van der Waals surface area contributed by atoms with E-state index in [1.54, 1.807) is 0 Å². The Morgan fingerprint density at radius 2 is 1.15 bits per heavy atom. The van der Waals surface area contributed by atoms with Crippen molar-refractivity contribution in [1.29, 1.82) is 0 Å². The first-order valence-electron chi connectivity index (χ1n) is 6.10. The zero-order chi connectivity index (χ0) is 15.0. The number of rotatable bonds is 2. The van der Waals surface area contributed by atoms with Gasteiger partial charge in [0.1, 0.15) is 0 Å². The molecule has 0 radical (unpaired) electrons. The Hall–Kier alpha value is 0.1000. The van der Waals surface area contributed by atoms with Gasteiger partial charge >= 0.3 is 11.9 Å². The van der Waals surface area contributed by atoms with E-state index in [1.807, 2.05) is 0 Å². The molecular formula is C12H12Cl4O4. The maximum atomic E-state index is 12.1. The highest BCUT2D eigenvalue weighted by molar-refractivity contribution is 6.49. The minimum atomic E-state index is -0.976. The van der Waals surface area contributed by atoms with E-state index in [0.717, 1.165) is 0 Å². The van der Waals surface area contributed by atoms with Crippen molar-refractivity contribution < 1.29 is 19.1 Å². The lowest BCUT2D eigenvalue weighted by molar-refractivity contribution is -0.202. The number of alkyl halides is 4. The van der Waals surface area contributed by atoms with Gasteiger partial charge in [0.25, 0.3) is 0 Å². The monoisotopic (exact) mass is 360 g/mol. The molecule has 5 rings (SSSR count). The van der Waals surface area contributed by atoms with Gasteiger partial charge in [-0.1, -0.05) is 0 Å². The maximum absolute atomic E-state index is 12.1. The van der Waals surface area contributed by atoms with Crippen LogP contribution in [-0.4, -0.2) is 46.7 Å². The Bertz CT molecular complexity index is 456. The van der Waals surface area contributed by atoms with Crippen LogP contribution >= 0.6 is 46.4 Å². The SMILES string of the molecule is COC(=O)[C@@H]1[C@@H](C(=O)OC)[C@H]2[C@H](Cl)[C@@]3(Cl)[C@@H]1[C@H](Cl)[C@@]23Cl. The fourth-order valence-corrected chi connectivity index (χ4v) is 7.14. The first-order chi connectivity index (χ1) is 9.28. The highest BCUT2D eigenvalue weighted by Crippen LogP contribution is 2.81. The van der Waals surface area contributed by atoms with Crippen molar-refractivity contribution in [3.05, 3.63) is 0 Å². The summed E-state index contributed by atoms with van der Waals surface area (Å²) >= 11 is 25.7. The van der Waals surface area contributed by atoms with E-state index < -0.39 is 56.1 Å². The zero-order valence-corrected chi connectivity index (χ0v) is 13.6. The molecule has 0 aliphatic heterocycles. The molecule has 0 heterocycles. The normalized spacial score (nSPS) is 55.3. The summed E-state index contributed by atoms with van der Waals surface area (Å²) in [5.74, 6) is -3.62. The fourth-order valence-electron chi connectivity index (χ4n) is 4.25. The summed E-state index contributed by atoms with van der Waals surface area (Å²) in [5, 5.41) is -1.04. The second-order valence-corrected chi connectivity index (χ2v) is 7.68. The van der Waals surface area contributed by atoms with E-state index in [0.29, 0.717) is 0 Å². The van der Waals surface area contributed by atoms with Crippen LogP contribution in [0.2, 0.25) is 0 Å². The number of halogens is 4. The molecule has 8 heteroatoms. The summed E-state index contributed by atoms with van der Waals surface area (Å²) in [6, 6.07) is 0. The topological polar surface area (TPSA) is 52.6 Å². The van der Waals surface area contributed by atoms with Gasteiger partial charge in [-0.3, -0.25) is 9.59 Å². The third kappa shape index (κ3) is 1.25. The van der Waals surface area contributed by atoms with Crippen molar-refractivity contribution in [3.63, 3.8) is 0 Å². The lowest BCUT2D eigenvalue weighted by Crippen LogP contribution is -2.95. The molecular weight excluding hydrogens is 350 g/mol. The molecule has 4 nitrogen and oxygen atoms in total. The first kappa shape index (κ1) is 15.0. The molecule has 5 aliphatic rings. The Kier molecular flexibility index (Phi) is 3.24. The standard InChI is InChI=1S/C12H12Cl4O4/c1-19-9(17)3-4(10(18)20-2)6-8(14)11(15)5(3)7(13)12(6,11)16/h3-8H,1-2H3/t3-,4-,5+,6+,7+,8+,11+,12+/m1/s1. The number of ether oxygens (including phenoxy) is 2. The zero-order valence-electron chi connectivity index (χ0n) is 10.6. The van der Waals surface area contributed by atoms with Gasteiger partial charge in [-0.15, -0.1) is 46.4 Å². The Balaban J connectivity index is 2.07. The highest BCUT2D eigenvalue weighted by Gasteiger charge is 2.92. The largest absolute Gasteiger partial charge is 0.469 e. The van der Waals surface area contributed by atoms with Gasteiger partial charge in [-0.2, -0.15) is 0 Å². The number of esters is 2. The molecule has 0 aromatic heterocycles. The number of methoxy groups -OCH3 is 2. The summed E-state index contributed by atoms with van der Waals surface area (Å²) in [6.07, 6.45) is 0. The Labute approximate surface area is 135 Å². The van der Waals surface area contributed by atoms with Crippen LogP contribution in [0.4, 0.5) is 0 Å². The van der Waals surface area contributed by atoms with Gasteiger partial charge in [0, 0.05) is 11.8 Å². The molecule has 0 amide bonds. The molecule has 5 fully saturated rings. The van der Waals surface area contributed by atoms with E-state index in [-0.39, 0.29) is 0 Å². The smallest absolute Gasteiger partial charge is 0.309 e. The van der Waals surface area contributed by atoms with Crippen LogP contribution in [0.5, 0.6) is 0 Å².